The number of carbonyl (C=O) groups excluding carboxylic acids is 1. The van der Waals surface area contributed by atoms with E-state index in [0.29, 0.717) is 18.2 Å². The lowest BCUT2D eigenvalue weighted by atomic mass is 9.95. The number of anilines is 1. The monoisotopic (exact) mass is 378 g/mol. The predicted octanol–water partition coefficient (Wildman–Crippen LogP) is 2.06. The SMILES string of the molecule is O=C(c1ccc(Cn2cccn2)o1)N1C[C@H]2CC[C@@H]1CN(c1ncccn1)C2. The molecule has 8 heteroatoms. The van der Waals surface area contributed by atoms with Gasteiger partial charge in [-0.3, -0.25) is 9.48 Å². The van der Waals surface area contributed by atoms with Crippen LogP contribution >= 0.6 is 0 Å². The zero-order chi connectivity index (χ0) is 18.9. The molecule has 0 unspecified atom stereocenters. The van der Waals surface area contributed by atoms with Gasteiger partial charge in [-0.2, -0.15) is 5.10 Å². The molecule has 0 radical (unpaired) electrons. The van der Waals surface area contributed by atoms with E-state index in [1.807, 2.05) is 29.3 Å². The molecule has 0 saturated carbocycles. The largest absolute Gasteiger partial charge is 0.454 e. The second kappa shape index (κ2) is 7.10. The summed E-state index contributed by atoms with van der Waals surface area (Å²) in [5.74, 6) is 2.26. The van der Waals surface area contributed by atoms with Gasteiger partial charge in [-0.25, -0.2) is 9.97 Å². The lowest BCUT2D eigenvalue weighted by Crippen LogP contribution is -2.47. The van der Waals surface area contributed by atoms with Gasteiger partial charge < -0.3 is 14.2 Å². The predicted molar refractivity (Wildman–Crippen MR) is 102 cm³/mol. The second-order valence-electron chi connectivity index (χ2n) is 7.48. The van der Waals surface area contributed by atoms with Gasteiger partial charge in [0.1, 0.15) is 5.76 Å². The van der Waals surface area contributed by atoms with Gasteiger partial charge in [0.2, 0.25) is 5.95 Å². The number of hydrogen-bond acceptors (Lipinski definition) is 6. The quantitative estimate of drug-likeness (QED) is 0.691. The Morgan fingerprint density at radius 1 is 1.07 bits per heavy atom. The van der Waals surface area contributed by atoms with Gasteiger partial charge in [0.15, 0.2) is 5.76 Å². The summed E-state index contributed by atoms with van der Waals surface area (Å²) in [4.78, 5) is 26.1. The van der Waals surface area contributed by atoms with Crippen LogP contribution in [0.15, 0.2) is 53.5 Å². The fraction of sp³-hybridized carbons (Fsp3) is 0.400. The first kappa shape index (κ1) is 17.0. The number of fused-ring (bicyclic) bond motifs is 4. The number of hydrogen-bond donors (Lipinski definition) is 0. The molecule has 3 aliphatic heterocycles. The molecule has 8 nitrogen and oxygen atoms in total. The van der Waals surface area contributed by atoms with E-state index in [9.17, 15) is 4.79 Å². The van der Waals surface area contributed by atoms with Crippen LogP contribution in [0.3, 0.4) is 0 Å². The Labute approximate surface area is 162 Å². The van der Waals surface area contributed by atoms with Gasteiger partial charge in [-0.05, 0) is 43.0 Å². The number of nitrogens with zero attached hydrogens (tertiary/aromatic N) is 6. The van der Waals surface area contributed by atoms with Crippen LogP contribution < -0.4 is 4.90 Å². The summed E-state index contributed by atoms with van der Waals surface area (Å²) in [5, 5.41) is 4.18. The molecule has 3 saturated heterocycles. The van der Waals surface area contributed by atoms with E-state index in [1.54, 1.807) is 29.3 Å². The van der Waals surface area contributed by atoms with Crippen LogP contribution in [0.1, 0.15) is 29.2 Å². The van der Waals surface area contributed by atoms with E-state index in [1.165, 1.54) is 0 Å². The minimum Gasteiger partial charge on any atom is -0.454 e. The first-order valence-electron chi connectivity index (χ1n) is 9.65. The highest BCUT2D eigenvalue weighted by Gasteiger charge is 2.39. The van der Waals surface area contributed by atoms with E-state index in [4.69, 9.17) is 4.42 Å². The molecule has 3 aliphatic rings. The average molecular weight is 378 g/mol. The smallest absolute Gasteiger partial charge is 0.289 e. The zero-order valence-electron chi connectivity index (χ0n) is 15.5. The Bertz CT molecular complexity index is 939. The summed E-state index contributed by atoms with van der Waals surface area (Å²) in [7, 11) is 0. The van der Waals surface area contributed by atoms with Crippen molar-refractivity contribution in [2.75, 3.05) is 24.5 Å². The Balaban J connectivity index is 1.32. The first-order valence-corrected chi connectivity index (χ1v) is 9.65. The van der Waals surface area contributed by atoms with Crippen molar-refractivity contribution in [1.82, 2.24) is 24.6 Å². The Morgan fingerprint density at radius 3 is 2.79 bits per heavy atom. The molecule has 0 aromatic carbocycles. The van der Waals surface area contributed by atoms with Crippen molar-refractivity contribution in [2.45, 2.75) is 25.4 Å². The molecule has 28 heavy (non-hydrogen) atoms. The van der Waals surface area contributed by atoms with Crippen LogP contribution in [0.2, 0.25) is 0 Å². The molecule has 1 amide bonds. The topological polar surface area (TPSA) is 80.3 Å². The third kappa shape index (κ3) is 3.26. The molecule has 3 aromatic rings. The molecule has 6 rings (SSSR count). The van der Waals surface area contributed by atoms with E-state index in [0.717, 1.165) is 44.2 Å². The van der Waals surface area contributed by atoms with Gasteiger partial charge >= 0.3 is 0 Å². The van der Waals surface area contributed by atoms with Gasteiger partial charge in [0, 0.05) is 50.5 Å². The van der Waals surface area contributed by atoms with Gasteiger partial charge in [-0.15, -0.1) is 0 Å². The van der Waals surface area contributed by atoms with Gasteiger partial charge in [0.05, 0.1) is 6.54 Å². The molecule has 2 bridgehead atoms. The lowest BCUT2D eigenvalue weighted by Gasteiger charge is -2.35. The standard InChI is InChI=1S/C20H22N6O2/c27-19(18-6-5-17(28-18)14-25-10-2-9-23-25)26-12-15-3-4-16(26)13-24(11-15)20-21-7-1-8-22-20/h1-2,5-10,15-16H,3-4,11-14H2/t15-,16+/m0/s1. The molecule has 0 spiro atoms. The number of amides is 1. The maximum absolute atomic E-state index is 13.2. The van der Waals surface area contributed by atoms with E-state index >= 15 is 0 Å². The van der Waals surface area contributed by atoms with E-state index in [2.05, 4.69) is 20.0 Å². The maximum atomic E-state index is 13.2. The summed E-state index contributed by atoms with van der Waals surface area (Å²) in [6.45, 7) is 2.91. The summed E-state index contributed by atoms with van der Waals surface area (Å²) in [5.41, 5.74) is 0. The summed E-state index contributed by atoms with van der Waals surface area (Å²) in [6, 6.07) is 7.47. The Morgan fingerprint density at radius 2 is 1.96 bits per heavy atom. The highest BCUT2D eigenvalue weighted by molar-refractivity contribution is 5.92. The lowest BCUT2D eigenvalue weighted by molar-refractivity contribution is 0.0557. The zero-order valence-corrected chi connectivity index (χ0v) is 15.5. The molecule has 3 fully saturated rings. The maximum Gasteiger partial charge on any atom is 0.289 e. The van der Waals surface area contributed by atoms with Crippen molar-refractivity contribution in [3.05, 3.63) is 60.6 Å². The van der Waals surface area contributed by atoms with Crippen molar-refractivity contribution in [3.63, 3.8) is 0 Å². The van der Waals surface area contributed by atoms with Crippen LogP contribution in [0.25, 0.3) is 0 Å². The average Bonchev–Trinajstić information content (AvgIpc) is 3.33. The third-order valence-electron chi connectivity index (χ3n) is 5.56. The minimum atomic E-state index is -0.0303. The molecule has 144 valence electrons. The van der Waals surface area contributed by atoms with Crippen molar-refractivity contribution in [1.29, 1.82) is 0 Å². The van der Waals surface area contributed by atoms with Crippen molar-refractivity contribution >= 4 is 11.9 Å². The van der Waals surface area contributed by atoms with Crippen molar-refractivity contribution < 1.29 is 9.21 Å². The fourth-order valence-electron chi connectivity index (χ4n) is 4.22. The van der Waals surface area contributed by atoms with Gasteiger partial charge in [0.25, 0.3) is 5.91 Å². The molecular weight excluding hydrogens is 356 g/mol. The molecule has 0 aliphatic carbocycles. The fourth-order valence-corrected chi connectivity index (χ4v) is 4.22. The van der Waals surface area contributed by atoms with Crippen LogP contribution in [0.4, 0.5) is 5.95 Å². The van der Waals surface area contributed by atoms with E-state index < -0.39 is 0 Å². The number of aromatic nitrogens is 4. The Hall–Kier alpha value is -3.16. The van der Waals surface area contributed by atoms with E-state index in [-0.39, 0.29) is 11.9 Å². The molecule has 6 heterocycles. The van der Waals surface area contributed by atoms with Crippen LogP contribution in [-0.4, -0.2) is 56.2 Å². The summed E-state index contributed by atoms with van der Waals surface area (Å²) >= 11 is 0. The van der Waals surface area contributed by atoms with Crippen LogP contribution in [0, 0.1) is 5.92 Å². The number of piperidine rings is 1. The normalized spacial score (nSPS) is 21.7. The highest BCUT2D eigenvalue weighted by atomic mass is 16.4. The second-order valence-corrected chi connectivity index (χ2v) is 7.48. The number of furan rings is 1. The number of carbonyl (C=O) groups is 1. The van der Waals surface area contributed by atoms with Crippen LogP contribution in [-0.2, 0) is 6.54 Å². The molecule has 3 aromatic heterocycles. The van der Waals surface area contributed by atoms with Crippen molar-refractivity contribution in [3.8, 4) is 0 Å². The van der Waals surface area contributed by atoms with Gasteiger partial charge in [-0.1, -0.05) is 0 Å². The molecule has 0 N–H and O–H groups in total. The van der Waals surface area contributed by atoms with Crippen LogP contribution in [0.5, 0.6) is 0 Å². The number of rotatable bonds is 4. The highest BCUT2D eigenvalue weighted by Crippen LogP contribution is 2.30. The summed E-state index contributed by atoms with van der Waals surface area (Å²) in [6.07, 6.45) is 9.26. The van der Waals surface area contributed by atoms with Crippen molar-refractivity contribution in [2.24, 2.45) is 5.92 Å². The third-order valence-corrected chi connectivity index (χ3v) is 5.56. The Kier molecular flexibility index (Phi) is 4.31. The molecular formula is C20H22N6O2. The minimum absolute atomic E-state index is 0.0303. The molecule has 2 atom stereocenters. The summed E-state index contributed by atoms with van der Waals surface area (Å²) < 4.78 is 7.62. The first-order chi connectivity index (χ1) is 13.8.